The molecule has 3 rings (SSSR count). The van der Waals surface area contributed by atoms with Crippen molar-refractivity contribution in [3.8, 4) is 0 Å². The van der Waals surface area contributed by atoms with Crippen LogP contribution in [-0.2, 0) is 24.4 Å². The molecule has 1 amide bonds. The molecule has 8 nitrogen and oxygen atoms in total. The van der Waals surface area contributed by atoms with Gasteiger partial charge in [-0.1, -0.05) is 55.8 Å². The minimum atomic E-state index is -0.697. The maximum Gasteiger partial charge on any atom is 0.330 e. The number of nitrogens with two attached hydrogens (primary N) is 1. The second kappa shape index (κ2) is 10.6. The van der Waals surface area contributed by atoms with Crippen molar-refractivity contribution in [1.82, 2.24) is 9.55 Å². The topological polar surface area (TPSA) is 110 Å². The maximum absolute atomic E-state index is 13.6. The molecular formula is C24H28N4O4. The number of rotatable bonds is 9. The zero-order valence-electron chi connectivity index (χ0n) is 18.3. The molecule has 0 spiro atoms. The quantitative estimate of drug-likeness (QED) is 0.536. The molecule has 0 atom stereocenters. The van der Waals surface area contributed by atoms with E-state index in [0.717, 1.165) is 17.5 Å². The van der Waals surface area contributed by atoms with Crippen LogP contribution >= 0.6 is 0 Å². The Morgan fingerprint density at radius 3 is 2.50 bits per heavy atom. The van der Waals surface area contributed by atoms with E-state index in [-0.39, 0.29) is 18.1 Å². The van der Waals surface area contributed by atoms with Gasteiger partial charge in [0.15, 0.2) is 5.69 Å². The van der Waals surface area contributed by atoms with Crippen LogP contribution in [0, 0.1) is 0 Å². The first-order chi connectivity index (χ1) is 15.5. The molecule has 8 heteroatoms. The van der Waals surface area contributed by atoms with Gasteiger partial charge in [-0.05, 0) is 29.7 Å². The number of carbonyl (C=O) groups is 1. The van der Waals surface area contributed by atoms with Crippen LogP contribution in [-0.4, -0.2) is 22.6 Å². The van der Waals surface area contributed by atoms with Crippen LogP contribution in [0.2, 0.25) is 0 Å². The summed E-state index contributed by atoms with van der Waals surface area (Å²) in [6, 6.07) is 16.3. The third kappa shape index (κ3) is 5.15. The molecule has 0 radical (unpaired) electrons. The van der Waals surface area contributed by atoms with Crippen molar-refractivity contribution in [3.63, 3.8) is 0 Å². The Morgan fingerprint density at radius 2 is 1.81 bits per heavy atom. The Morgan fingerprint density at radius 1 is 1.09 bits per heavy atom. The van der Waals surface area contributed by atoms with Gasteiger partial charge in [0.05, 0.1) is 13.2 Å². The molecule has 3 N–H and O–H groups in total. The van der Waals surface area contributed by atoms with Crippen LogP contribution in [0.25, 0.3) is 0 Å². The molecule has 2 aromatic carbocycles. The number of carbonyl (C=O) groups excluding carboxylic acids is 1. The normalized spacial score (nSPS) is 10.8. The highest BCUT2D eigenvalue weighted by Crippen LogP contribution is 2.23. The first-order valence-electron chi connectivity index (χ1n) is 10.5. The summed E-state index contributed by atoms with van der Waals surface area (Å²) in [4.78, 5) is 42.5. The monoisotopic (exact) mass is 436 g/mol. The average Bonchev–Trinajstić information content (AvgIpc) is 2.79. The van der Waals surface area contributed by atoms with E-state index in [1.165, 1.54) is 9.47 Å². The summed E-state index contributed by atoms with van der Waals surface area (Å²) in [5, 5.41) is 0. The standard InChI is InChI=1S/C24H28N4O4/c1-3-4-13-27-21(25)20(22(29)26-24(27)31)28(15-17-9-6-5-7-10-17)23(30)19-12-8-11-18(14-19)16-32-2/h5-12,14H,3-4,13,15-16,25H2,1-2H3,(H,26,29,31). The number of nitrogens with one attached hydrogen (secondary N) is 1. The molecule has 168 valence electrons. The molecule has 0 aliphatic rings. The van der Waals surface area contributed by atoms with Gasteiger partial charge in [0.1, 0.15) is 5.82 Å². The first kappa shape index (κ1) is 23.0. The number of methoxy groups -OCH3 is 1. The molecule has 0 unspecified atom stereocenters. The van der Waals surface area contributed by atoms with Gasteiger partial charge in [0, 0.05) is 19.2 Å². The Hall–Kier alpha value is -3.65. The molecule has 0 aliphatic carbocycles. The number of ether oxygens (including phenoxy) is 1. The van der Waals surface area contributed by atoms with Crippen molar-refractivity contribution in [3.05, 3.63) is 92.1 Å². The van der Waals surface area contributed by atoms with E-state index in [4.69, 9.17) is 10.5 Å². The number of benzene rings is 2. The largest absolute Gasteiger partial charge is 0.383 e. The fourth-order valence-corrected chi connectivity index (χ4v) is 3.51. The van der Waals surface area contributed by atoms with Gasteiger partial charge in [-0.2, -0.15) is 0 Å². The highest BCUT2D eigenvalue weighted by molar-refractivity contribution is 6.07. The van der Waals surface area contributed by atoms with Crippen molar-refractivity contribution in [2.75, 3.05) is 17.7 Å². The van der Waals surface area contributed by atoms with Crippen LogP contribution in [0.1, 0.15) is 41.3 Å². The molecule has 0 saturated carbocycles. The van der Waals surface area contributed by atoms with Crippen molar-refractivity contribution in [2.45, 2.75) is 39.5 Å². The van der Waals surface area contributed by atoms with Gasteiger partial charge >= 0.3 is 5.69 Å². The lowest BCUT2D eigenvalue weighted by Crippen LogP contribution is -2.41. The number of unbranched alkanes of at least 4 members (excludes halogenated alkanes) is 1. The Labute approximate surface area is 186 Å². The fourth-order valence-electron chi connectivity index (χ4n) is 3.51. The van der Waals surface area contributed by atoms with Crippen molar-refractivity contribution in [1.29, 1.82) is 0 Å². The van der Waals surface area contributed by atoms with Crippen molar-refractivity contribution < 1.29 is 9.53 Å². The lowest BCUT2D eigenvalue weighted by atomic mass is 10.1. The van der Waals surface area contributed by atoms with Gasteiger partial charge in [-0.3, -0.25) is 24.0 Å². The number of nitrogens with zero attached hydrogens (tertiary/aromatic N) is 2. The number of aromatic amines is 1. The summed E-state index contributed by atoms with van der Waals surface area (Å²) in [5.74, 6) is -0.422. The van der Waals surface area contributed by atoms with E-state index < -0.39 is 17.2 Å². The van der Waals surface area contributed by atoms with Crippen LogP contribution in [0.15, 0.2) is 64.2 Å². The first-order valence-corrected chi connectivity index (χ1v) is 10.5. The fraction of sp³-hybridized carbons (Fsp3) is 0.292. The molecule has 1 heterocycles. The van der Waals surface area contributed by atoms with Gasteiger partial charge in [-0.15, -0.1) is 0 Å². The number of aromatic nitrogens is 2. The number of anilines is 2. The Bertz CT molecular complexity index is 1180. The zero-order valence-corrected chi connectivity index (χ0v) is 18.3. The van der Waals surface area contributed by atoms with E-state index in [0.29, 0.717) is 25.1 Å². The van der Waals surface area contributed by atoms with Crippen LogP contribution in [0.4, 0.5) is 11.5 Å². The van der Waals surface area contributed by atoms with Gasteiger partial charge in [0.25, 0.3) is 11.5 Å². The summed E-state index contributed by atoms with van der Waals surface area (Å²) in [6.45, 7) is 2.81. The van der Waals surface area contributed by atoms with Gasteiger partial charge in [-0.25, -0.2) is 4.79 Å². The number of hydrogen-bond acceptors (Lipinski definition) is 5. The van der Waals surface area contributed by atoms with E-state index in [9.17, 15) is 14.4 Å². The van der Waals surface area contributed by atoms with E-state index in [2.05, 4.69) is 4.98 Å². The van der Waals surface area contributed by atoms with Gasteiger partial charge < -0.3 is 10.5 Å². The zero-order chi connectivity index (χ0) is 23.1. The smallest absolute Gasteiger partial charge is 0.330 e. The molecular weight excluding hydrogens is 408 g/mol. The summed E-state index contributed by atoms with van der Waals surface area (Å²) >= 11 is 0. The van der Waals surface area contributed by atoms with Crippen LogP contribution < -0.4 is 21.9 Å². The van der Waals surface area contributed by atoms with Crippen molar-refractivity contribution in [2.24, 2.45) is 0 Å². The van der Waals surface area contributed by atoms with Crippen LogP contribution in [0.3, 0.4) is 0 Å². The number of H-pyrrole nitrogens is 1. The SMILES string of the molecule is CCCCn1c(N)c(N(Cc2ccccc2)C(=O)c2cccc(COC)c2)c(=O)[nH]c1=O. The second-order valence-corrected chi connectivity index (χ2v) is 7.51. The lowest BCUT2D eigenvalue weighted by Gasteiger charge is -2.25. The predicted octanol–water partition coefficient (Wildman–Crippen LogP) is 2.91. The lowest BCUT2D eigenvalue weighted by molar-refractivity contribution is 0.0984. The predicted molar refractivity (Wildman–Crippen MR) is 125 cm³/mol. The minimum Gasteiger partial charge on any atom is -0.383 e. The number of hydrogen-bond donors (Lipinski definition) is 2. The average molecular weight is 437 g/mol. The summed E-state index contributed by atoms with van der Waals surface area (Å²) < 4.78 is 6.48. The molecule has 0 bridgehead atoms. The maximum atomic E-state index is 13.6. The highest BCUT2D eigenvalue weighted by Gasteiger charge is 2.25. The molecule has 1 aromatic heterocycles. The van der Waals surface area contributed by atoms with Gasteiger partial charge in [0.2, 0.25) is 0 Å². The second-order valence-electron chi connectivity index (χ2n) is 7.51. The Balaban J connectivity index is 2.14. The summed E-state index contributed by atoms with van der Waals surface area (Å²) in [6.07, 6.45) is 1.56. The van der Waals surface area contributed by atoms with E-state index in [1.807, 2.05) is 43.3 Å². The van der Waals surface area contributed by atoms with E-state index >= 15 is 0 Å². The summed E-state index contributed by atoms with van der Waals surface area (Å²) in [5.41, 5.74) is 7.02. The molecule has 0 fully saturated rings. The minimum absolute atomic E-state index is 0.0236. The number of amides is 1. The number of nitrogen functional groups attached to an aromatic ring is 1. The molecule has 32 heavy (non-hydrogen) atoms. The molecule has 0 aliphatic heterocycles. The third-order valence-corrected chi connectivity index (χ3v) is 5.13. The molecule has 3 aromatic rings. The summed E-state index contributed by atoms with van der Waals surface area (Å²) in [7, 11) is 1.58. The molecule has 0 saturated heterocycles. The van der Waals surface area contributed by atoms with Crippen LogP contribution in [0.5, 0.6) is 0 Å². The highest BCUT2D eigenvalue weighted by atomic mass is 16.5. The third-order valence-electron chi connectivity index (χ3n) is 5.13. The van der Waals surface area contributed by atoms with Crippen molar-refractivity contribution >= 4 is 17.4 Å². The Kier molecular flexibility index (Phi) is 7.62. The van der Waals surface area contributed by atoms with E-state index in [1.54, 1.807) is 25.3 Å².